The third kappa shape index (κ3) is 4.52. The van der Waals surface area contributed by atoms with Gasteiger partial charge in [0.25, 0.3) is 0 Å². The number of aromatic nitrogens is 4. The molecular weight excluding hydrogens is 320 g/mol. The molecule has 8 nitrogen and oxygen atoms in total. The molecule has 0 atom stereocenters. The first-order valence-electron chi connectivity index (χ1n) is 8.75. The number of aryl methyl sites for hydroxylation is 1. The second kappa shape index (κ2) is 8.04. The van der Waals surface area contributed by atoms with Gasteiger partial charge in [-0.15, -0.1) is 0 Å². The molecule has 3 rings (SSSR count). The van der Waals surface area contributed by atoms with Crippen LogP contribution < -0.4 is 4.90 Å². The van der Waals surface area contributed by atoms with Gasteiger partial charge in [-0.25, -0.2) is 9.97 Å². The molecule has 0 N–H and O–H groups in total. The minimum absolute atomic E-state index is 0.178. The van der Waals surface area contributed by atoms with Crippen LogP contribution in [0.25, 0.3) is 0 Å². The molecule has 1 aliphatic rings. The molecule has 1 saturated heterocycles. The lowest BCUT2D eigenvalue weighted by atomic mass is 10.2. The number of amides is 1. The van der Waals surface area contributed by atoms with Gasteiger partial charge in [0.15, 0.2) is 5.82 Å². The Morgan fingerprint density at radius 2 is 1.92 bits per heavy atom. The van der Waals surface area contributed by atoms with Crippen LogP contribution in [-0.2, 0) is 11.2 Å². The molecule has 0 aromatic carbocycles. The zero-order valence-electron chi connectivity index (χ0n) is 14.8. The Kier molecular flexibility index (Phi) is 5.57. The van der Waals surface area contributed by atoms with E-state index in [1.165, 1.54) is 0 Å². The van der Waals surface area contributed by atoms with Crippen LogP contribution in [0.15, 0.2) is 23.0 Å². The van der Waals surface area contributed by atoms with E-state index in [0.717, 1.165) is 31.3 Å². The van der Waals surface area contributed by atoms with Crippen molar-refractivity contribution in [2.24, 2.45) is 0 Å². The van der Waals surface area contributed by atoms with Crippen LogP contribution in [0.2, 0.25) is 0 Å². The molecule has 0 spiro atoms. The molecule has 2 aromatic rings. The SMILES string of the molecule is CC(C)c1noc(CCCC(=O)N2CCN(c3ncccn3)CC2)n1. The monoisotopic (exact) mass is 344 g/mol. The molecule has 0 unspecified atom stereocenters. The predicted molar refractivity (Wildman–Crippen MR) is 92.2 cm³/mol. The van der Waals surface area contributed by atoms with Gasteiger partial charge in [-0.1, -0.05) is 19.0 Å². The van der Waals surface area contributed by atoms with Crippen molar-refractivity contribution in [1.82, 2.24) is 25.0 Å². The molecule has 1 aliphatic heterocycles. The predicted octanol–water partition coefficient (Wildman–Crippen LogP) is 1.65. The largest absolute Gasteiger partial charge is 0.339 e. The second-order valence-electron chi connectivity index (χ2n) is 6.47. The average Bonchev–Trinajstić information content (AvgIpc) is 3.12. The van der Waals surface area contributed by atoms with Gasteiger partial charge < -0.3 is 14.3 Å². The maximum Gasteiger partial charge on any atom is 0.226 e. The zero-order chi connectivity index (χ0) is 17.6. The average molecular weight is 344 g/mol. The number of piperazine rings is 1. The first-order valence-corrected chi connectivity index (χ1v) is 8.75. The van der Waals surface area contributed by atoms with Crippen molar-refractivity contribution in [3.63, 3.8) is 0 Å². The smallest absolute Gasteiger partial charge is 0.226 e. The Hall–Kier alpha value is -2.51. The van der Waals surface area contributed by atoms with Gasteiger partial charge in [0, 0.05) is 57.3 Å². The van der Waals surface area contributed by atoms with E-state index >= 15 is 0 Å². The summed E-state index contributed by atoms with van der Waals surface area (Å²) in [5.41, 5.74) is 0. The highest BCUT2D eigenvalue weighted by atomic mass is 16.5. The first kappa shape index (κ1) is 17.3. The van der Waals surface area contributed by atoms with Crippen molar-refractivity contribution < 1.29 is 9.32 Å². The summed E-state index contributed by atoms with van der Waals surface area (Å²) >= 11 is 0. The molecule has 3 heterocycles. The molecule has 0 radical (unpaired) electrons. The van der Waals surface area contributed by atoms with Crippen molar-refractivity contribution in [3.05, 3.63) is 30.2 Å². The van der Waals surface area contributed by atoms with Gasteiger partial charge in [-0.3, -0.25) is 4.79 Å². The van der Waals surface area contributed by atoms with E-state index < -0.39 is 0 Å². The Labute approximate surface area is 147 Å². The molecule has 2 aromatic heterocycles. The van der Waals surface area contributed by atoms with Crippen LogP contribution >= 0.6 is 0 Å². The summed E-state index contributed by atoms with van der Waals surface area (Å²) in [4.78, 5) is 29.2. The summed E-state index contributed by atoms with van der Waals surface area (Å²) in [6, 6.07) is 1.80. The van der Waals surface area contributed by atoms with Crippen LogP contribution in [0, 0.1) is 0 Å². The van der Waals surface area contributed by atoms with Crippen LogP contribution in [0.5, 0.6) is 0 Å². The summed E-state index contributed by atoms with van der Waals surface area (Å²) in [5, 5.41) is 3.94. The lowest BCUT2D eigenvalue weighted by Crippen LogP contribution is -2.49. The van der Waals surface area contributed by atoms with Gasteiger partial charge in [0.2, 0.25) is 17.7 Å². The Bertz CT molecular complexity index is 679. The number of rotatable bonds is 6. The first-order chi connectivity index (χ1) is 12.1. The molecule has 25 heavy (non-hydrogen) atoms. The fourth-order valence-electron chi connectivity index (χ4n) is 2.76. The van der Waals surface area contributed by atoms with Crippen LogP contribution in [0.4, 0.5) is 5.95 Å². The van der Waals surface area contributed by atoms with E-state index in [-0.39, 0.29) is 11.8 Å². The number of hydrogen-bond acceptors (Lipinski definition) is 7. The molecule has 134 valence electrons. The highest BCUT2D eigenvalue weighted by Crippen LogP contribution is 2.13. The zero-order valence-corrected chi connectivity index (χ0v) is 14.8. The van der Waals surface area contributed by atoms with E-state index in [0.29, 0.717) is 31.8 Å². The summed E-state index contributed by atoms with van der Waals surface area (Å²) in [6.45, 7) is 6.98. The van der Waals surface area contributed by atoms with E-state index in [1.54, 1.807) is 18.5 Å². The van der Waals surface area contributed by atoms with E-state index in [4.69, 9.17) is 4.52 Å². The highest BCUT2D eigenvalue weighted by Gasteiger charge is 2.22. The second-order valence-corrected chi connectivity index (χ2v) is 6.47. The summed E-state index contributed by atoms with van der Waals surface area (Å²) in [6.07, 6.45) is 5.34. The third-order valence-electron chi connectivity index (χ3n) is 4.25. The fourth-order valence-corrected chi connectivity index (χ4v) is 2.76. The van der Waals surface area contributed by atoms with Crippen molar-refractivity contribution in [2.75, 3.05) is 31.1 Å². The van der Waals surface area contributed by atoms with Gasteiger partial charge in [-0.05, 0) is 12.5 Å². The van der Waals surface area contributed by atoms with Gasteiger partial charge >= 0.3 is 0 Å². The number of anilines is 1. The van der Waals surface area contributed by atoms with Gasteiger partial charge in [0.1, 0.15) is 0 Å². The summed E-state index contributed by atoms with van der Waals surface area (Å²) in [5.74, 6) is 2.50. The quantitative estimate of drug-likeness (QED) is 0.787. The van der Waals surface area contributed by atoms with Crippen molar-refractivity contribution in [1.29, 1.82) is 0 Å². The van der Waals surface area contributed by atoms with E-state index in [2.05, 4.69) is 25.0 Å². The minimum atomic E-state index is 0.178. The summed E-state index contributed by atoms with van der Waals surface area (Å²) in [7, 11) is 0. The number of carbonyl (C=O) groups is 1. The van der Waals surface area contributed by atoms with Gasteiger partial charge in [0.05, 0.1) is 0 Å². The lowest BCUT2D eigenvalue weighted by Gasteiger charge is -2.34. The van der Waals surface area contributed by atoms with Crippen molar-refractivity contribution >= 4 is 11.9 Å². The normalized spacial score (nSPS) is 15.0. The molecule has 0 saturated carbocycles. The lowest BCUT2D eigenvalue weighted by molar-refractivity contribution is -0.131. The van der Waals surface area contributed by atoms with Crippen LogP contribution in [0.1, 0.15) is 44.3 Å². The number of hydrogen-bond donors (Lipinski definition) is 0. The Morgan fingerprint density at radius 3 is 2.56 bits per heavy atom. The Morgan fingerprint density at radius 1 is 1.20 bits per heavy atom. The van der Waals surface area contributed by atoms with Crippen LogP contribution in [-0.4, -0.2) is 57.1 Å². The minimum Gasteiger partial charge on any atom is -0.339 e. The molecule has 8 heteroatoms. The standard InChI is InChI=1S/C17H24N6O2/c1-13(2)16-20-14(25-21-16)5-3-6-15(24)22-9-11-23(12-10-22)17-18-7-4-8-19-17/h4,7-8,13H,3,5-6,9-12H2,1-2H3. The molecule has 0 aliphatic carbocycles. The third-order valence-corrected chi connectivity index (χ3v) is 4.25. The number of carbonyl (C=O) groups excluding carboxylic acids is 1. The van der Waals surface area contributed by atoms with Crippen molar-refractivity contribution in [3.8, 4) is 0 Å². The maximum atomic E-state index is 12.4. The molecule has 1 amide bonds. The fraction of sp³-hybridized carbons (Fsp3) is 0.588. The molecule has 1 fully saturated rings. The Balaban J connectivity index is 1.40. The van der Waals surface area contributed by atoms with Gasteiger partial charge in [-0.2, -0.15) is 4.98 Å². The molecular formula is C17H24N6O2. The number of nitrogens with zero attached hydrogens (tertiary/aromatic N) is 6. The molecule has 0 bridgehead atoms. The van der Waals surface area contributed by atoms with Crippen LogP contribution in [0.3, 0.4) is 0 Å². The van der Waals surface area contributed by atoms with Crippen molar-refractivity contribution in [2.45, 2.75) is 39.0 Å². The summed E-state index contributed by atoms with van der Waals surface area (Å²) < 4.78 is 5.21. The van der Waals surface area contributed by atoms with E-state index in [9.17, 15) is 4.79 Å². The highest BCUT2D eigenvalue weighted by molar-refractivity contribution is 5.76. The maximum absolute atomic E-state index is 12.4. The topological polar surface area (TPSA) is 88.3 Å². The van der Waals surface area contributed by atoms with E-state index in [1.807, 2.05) is 18.7 Å².